The molecule has 17 nitrogen and oxygen atoms in total. The highest BCUT2D eigenvalue weighted by atomic mass is 79.9. The van der Waals surface area contributed by atoms with Crippen LogP contribution >= 0.6 is 15.9 Å². The third-order valence-corrected chi connectivity index (χ3v) is 12.3. The second kappa shape index (κ2) is 16.9. The van der Waals surface area contributed by atoms with Gasteiger partial charge in [0.15, 0.2) is 22.9 Å². The number of nitrogens with zero attached hydrogens (tertiary/aromatic N) is 13. The van der Waals surface area contributed by atoms with Crippen LogP contribution in [0.25, 0.3) is 39.0 Å². The summed E-state index contributed by atoms with van der Waals surface area (Å²) in [6, 6.07) is 19.4. The number of fused-ring (bicyclic) bond motifs is 3. The summed E-state index contributed by atoms with van der Waals surface area (Å²) < 4.78 is 41.7. The number of aromatic nitrogens is 10. The van der Waals surface area contributed by atoms with Gasteiger partial charge in [0, 0.05) is 50.4 Å². The quantitative estimate of drug-likeness (QED) is 0.135. The molecule has 1 atom stereocenters. The molecule has 64 heavy (non-hydrogen) atoms. The van der Waals surface area contributed by atoms with Crippen molar-refractivity contribution in [2.45, 2.75) is 32.0 Å². The van der Waals surface area contributed by atoms with E-state index in [1.165, 1.54) is 12.4 Å². The number of imidazole rings is 1. The molecule has 326 valence electrons. The minimum absolute atomic E-state index is 0.0250. The van der Waals surface area contributed by atoms with E-state index < -0.39 is 11.6 Å². The molecule has 7 heterocycles. The fourth-order valence-electron chi connectivity index (χ4n) is 8.33. The maximum atomic E-state index is 15.3. The minimum Gasteiger partial charge on any atom is -0.457 e. The predicted molar refractivity (Wildman–Crippen MR) is 241 cm³/mol. The fraction of sp³-hybridized carbons (Fsp3) is 0.273. The lowest BCUT2D eigenvalue weighted by Crippen LogP contribution is -2.45. The minimum atomic E-state index is -1.09. The summed E-state index contributed by atoms with van der Waals surface area (Å²) >= 11 is 3.55. The SMILES string of the molecule is C=C(Cn1c(CNc2nc(N3CCN(C)CC3)nc3c(Br)cnn23)nc2c(F)c(F)ccc21)C(=O)N1CCC[C@@H](n2nc(-c3ccc(Oc4ccccc4)cc3)c3c(N)ncnc32)C1. The number of likely N-dealkylation sites (tertiary alicyclic amines) is 1. The number of ether oxygens (including phenoxy) is 1. The third kappa shape index (κ3) is 7.72. The second-order valence-corrected chi connectivity index (χ2v) is 16.8. The van der Waals surface area contributed by atoms with E-state index in [0.29, 0.717) is 81.2 Å². The van der Waals surface area contributed by atoms with E-state index in [4.69, 9.17) is 25.5 Å². The van der Waals surface area contributed by atoms with E-state index in [1.54, 1.807) is 20.2 Å². The molecule has 0 radical (unpaired) electrons. The third-order valence-electron chi connectivity index (χ3n) is 11.7. The average Bonchev–Trinajstić information content (AvgIpc) is 4.01. The number of para-hydroxylation sites is 1. The Kier molecular flexibility index (Phi) is 10.8. The Morgan fingerprint density at radius 1 is 0.953 bits per heavy atom. The molecule has 10 rings (SSSR count). The summed E-state index contributed by atoms with van der Waals surface area (Å²) in [7, 11) is 2.07. The summed E-state index contributed by atoms with van der Waals surface area (Å²) in [6.07, 6.45) is 4.46. The van der Waals surface area contributed by atoms with E-state index in [1.807, 2.05) is 59.3 Å². The number of benzene rings is 3. The molecule has 0 spiro atoms. The van der Waals surface area contributed by atoms with Crippen molar-refractivity contribution in [3.63, 3.8) is 0 Å². The lowest BCUT2D eigenvalue weighted by Gasteiger charge is -2.33. The molecule has 3 N–H and O–H groups in total. The normalized spacial score (nSPS) is 16.0. The first-order valence-corrected chi connectivity index (χ1v) is 21.6. The molecular formula is C44H42BrF2N15O2. The Morgan fingerprint density at radius 2 is 1.73 bits per heavy atom. The lowest BCUT2D eigenvalue weighted by atomic mass is 10.0. The van der Waals surface area contributed by atoms with Crippen LogP contribution < -0.4 is 20.7 Å². The number of hydrogen-bond acceptors (Lipinski definition) is 13. The molecule has 2 fully saturated rings. The predicted octanol–water partition coefficient (Wildman–Crippen LogP) is 6.48. The molecule has 2 aliphatic heterocycles. The topological polar surface area (TPSA) is 179 Å². The van der Waals surface area contributed by atoms with Crippen molar-refractivity contribution >= 4 is 67.3 Å². The van der Waals surface area contributed by atoms with Crippen LogP contribution in [0.4, 0.5) is 26.5 Å². The van der Waals surface area contributed by atoms with Gasteiger partial charge in [-0.25, -0.2) is 28.4 Å². The lowest BCUT2D eigenvalue weighted by molar-refractivity contribution is -0.129. The molecule has 2 saturated heterocycles. The number of piperidine rings is 1. The van der Waals surface area contributed by atoms with Crippen LogP contribution in [0.2, 0.25) is 0 Å². The second-order valence-electron chi connectivity index (χ2n) is 15.9. The zero-order valence-corrected chi connectivity index (χ0v) is 36.3. The number of nitrogens with two attached hydrogens (primary N) is 1. The standard InChI is InChI=1S/C44H42BrF2N15O2/c1-26(23-60-33-15-14-32(46)36(47)38(33)53-34(60)22-49-43-55-44(58-19-17-57(2)18-20-58)54-40-31(45)21-52-62(40)43)42(63)59-16-6-7-28(24-59)61-41-35(39(48)50-25-51-41)37(56-61)27-10-12-30(13-11-27)64-29-8-4-3-5-9-29/h3-5,8-15,21,25,28H,1,6-7,16-20,22-24H2,2H3,(H2,48,50,51)(H,49,54,55)/t28-/m1/s1. The molecule has 5 aromatic heterocycles. The van der Waals surface area contributed by atoms with E-state index in [-0.39, 0.29) is 36.1 Å². The number of halogens is 3. The molecular weight excluding hydrogens is 888 g/mol. The summed E-state index contributed by atoms with van der Waals surface area (Å²) in [5.74, 6) is 0.511. The van der Waals surface area contributed by atoms with Crippen molar-refractivity contribution in [2.24, 2.45) is 0 Å². The maximum absolute atomic E-state index is 15.3. The van der Waals surface area contributed by atoms with Gasteiger partial charge in [0.1, 0.15) is 40.7 Å². The average molecular weight is 931 g/mol. The van der Waals surface area contributed by atoms with Crippen molar-refractivity contribution in [2.75, 3.05) is 62.3 Å². The highest BCUT2D eigenvalue weighted by Crippen LogP contribution is 2.35. The number of anilines is 3. The van der Waals surface area contributed by atoms with Crippen LogP contribution in [0.15, 0.2) is 95.9 Å². The fourth-order valence-corrected chi connectivity index (χ4v) is 8.68. The molecule has 1 amide bonds. The van der Waals surface area contributed by atoms with Gasteiger partial charge in [0.2, 0.25) is 11.9 Å². The van der Waals surface area contributed by atoms with Crippen molar-refractivity contribution in [3.05, 3.63) is 113 Å². The Morgan fingerprint density at radius 3 is 2.53 bits per heavy atom. The molecule has 0 aliphatic carbocycles. The van der Waals surface area contributed by atoms with Crippen LogP contribution in [-0.4, -0.2) is 111 Å². The van der Waals surface area contributed by atoms with Crippen LogP contribution in [0.5, 0.6) is 11.5 Å². The number of carbonyl (C=O) groups is 1. The first-order chi connectivity index (χ1) is 31.1. The van der Waals surface area contributed by atoms with Crippen LogP contribution in [0.3, 0.4) is 0 Å². The summed E-state index contributed by atoms with van der Waals surface area (Å²) in [6.45, 7) is 8.21. The maximum Gasteiger partial charge on any atom is 0.251 e. The van der Waals surface area contributed by atoms with E-state index in [0.717, 1.165) is 50.0 Å². The van der Waals surface area contributed by atoms with Gasteiger partial charge < -0.3 is 35.1 Å². The number of carbonyl (C=O) groups excluding carboxylic acids is 1. The van der Waals surface area contributed by atoms with Gasteiger partial charge >= 0.3 is 0 Å². The number of piperazine rings is 1. The van der Waals surface area contributed by atoms with E-state index in [9.17, 15) is 9.18 Å². The first kappa shape index (κ1) is 41.0. The van der Waals surface area contributed by atoms with Gasteiger partial charge in [0.05, 0.1) is 40.7 Å². The largest absolute Gasteiger partial charge is 0.457 e. The van der Waals surface area contributed by atoms with Crippen LogP contribution in [0, 0.1) is 11.6 Å². The number of nitrogens with one attached hydrogen (secondary N) is 1. The van der Waals surface area contributed by atoms with Crippen molar-refractivity contribution in [1.82, 2.24) is 58.7 Å². The number of amides is 1. The highest BCUT2D eigenvalue weighted by Gasteiger charge is 2.31. The van der Waals surface area contributed by atoms with Gasteiger partial charge in [-0.15, -0.1) is 0 Å². The highest BCUT2D eigenvalue weighted by molar-refractivity contribution is 9.10. The van der Waals surface area contributed by atoms with E-state index in [2.05, 4.69) is 64.7 Å². The van der Waals surface area contributed by atoms with Gasteiger partial charge in [-0.2, -0.15) is 24.7 Å². The number of hydrogen-bond donors (Lipinski definition) is 2. The zero-order chi connectivity index (χ0) is 44.1. The Balaban J connectivity index is 0.897. The van der Waals surface area contributed by atoms with Crippen molar-refractivity contribution in [3.8, 4) is 22.8 Å². The molecule has 0 bridgehead atoms. The van der Waals surface area contributed by atoms with Gasteiger partial charge in [-0.3, -0.25) is 4.79 Å². The summed E-state index contributed by atoms with van der Waals surface area (Å²) in [5, 5.41) is 13.4. The molecule has 20 heteroatoms. The smallest absolute Gasteiger partial charge is 0.251 e. The van der Waals surface area contributed by atoms with Crippen molar-refractivity contribution < 1.29 is 18.3 Å². The van der Waals surface area contributed by atoms with Gasteiger partial charge in [-0.1, -0.05) is 24.8 Å². The molecule has 0 saturated carbocycles. The van der Waals surface area contributed by atoms with Crippen LogP contribution in [-0.2, 0) is 17.9 Å². The Bertz CT molecular complexity index is 3060. The number of likely N-dealkylation sites (N-methyl/N-ethyl adjacent to an activating group) is 1. The number of nitrogen functional groups attached to an aromatic ring is 1. The Labute approximate surface area is 373 Å². The van der Waals surface area contributed by atoms with Gasteiger partial charge in [-0.05, 0) is 84.4 Å². The number of rotatable bonds is 11. The monoisotopic (exact) mass is 929 g/mol. The molecule has 2 aliphatic rings. The summed E-state index contributed by atoms with van der Waals surface area (Å²) in [5.41, 5.74) is 9.37. The molecule has 3 aromatic carbocycles. The van der Waals surface area contributed by atoms with E-state index >= 15 is 4.39 Å². The first-order valence-electron chi connectivity index (χ1n) is 20.8. The zero-order valence-electron chi connectivity index (χ0n) is 34.7. The molecule has 8 aromatic rings. The van der Waals surface area contributed by atoms with Crippen molar-refractivity contribution in [1.29, 1.82) is 0 Å². The Hall–Kier alpha value is -7.06. The van der Waals surface area contributed by atoms with Gasteiger partial charge in [0.25, 0.3) is 5.91 Å². The molecule has 0 unspecified atom stereocenters. The summed E-state index contributed by atoms with van der Waals surface area (Å²) in [4.78, 5) is 43.4. The van der Waals surface area contributed by atoms with Crippen LogP contribution in [0.1, 0.15) is 24.7 Å².